The van der Waals surface area contributed by atoms with Crippen LogP contribution in [0, 0.1) is 11.3 Å². The molecule has 0 fully saturated rings. The number of nitrogens with one attached hydrogen (secondary N) is 1. The minimum Gasteiger partial charge on any atom is -0.377 e. The van der Waals surface area contributed by atoms with E-state index in [0.29, 0.717) is 12.1 Å². The van der Waals surface area contributed by atoms with Gasteiger partial charge in [-0.05, 0) is 24.8 Å². The summed E-state index contributed by atoms with van der Waals surface area (Å²) < 4.78 is 1.98. The summed E-state index contributed by atoms with van der Waals surface area (Å²) in [5.41, 5.74) is 1.54. The molecule has 2 aromatic rings. The molecule has 0 unspecified atom stereocenters. The molecule has 1 heterocycles. The van der Waals surface area contributed by atoms with Gasteiger partial charge >= 0.3 is 0 Å². The van der Waals surface area contributed by atoms with Crippen molar-refractivity contribution in [3.63, 3.8) is 0 Å². The summed E-state index contributed by atoms with van der Waals surface area (Å²) in [5, 5.41) is 20.6. The summed E-state index contributed by atoms with van der Waals surface area (Å²) in [6.45, 7) is 5.52. The third-order valence-electron chi connectivity index (χ3n) is 2.91. The molecule has 1 aromatic heterocycles. The van der Waals surface area contributed by atoms with Crippen molar-refractivity contribution < 1.29 is 0 Å². The number of nitriles is 1. The van der Waals surface area contributed by atoms with Gasteiger partial charge in [-0.1, -0.05) is 13.0 Å². The van der Waals surface area contributed by atoms with E-state index in [1.807, 2.05) is 29.7 Å². The average Bonchev–Trinajstić information content (AvgIpc) is 2.93. The van der Waals surface area contributed by atoms with Crippen LogP contribution in [0.3, 0.4) is 0 Å². The van der Waals surface area contributed by atoms with Gasteiger partial charge in [0.25, 0.3) is 0 Å². The minimum atomic E-state index is 0.558. The molecule has 6 heteroatoms. The molecule has 0 spiro atoms. The van der Waals surface area contributed by atoms with E-state index in [1.54, 1.807) is 18.1 Å². The molecule has 104 valence electrons. The van der Waals surface area contributed by atoms with E-state index in [0.717, 1.165) is 28.7 Å². The number of thioether (sulfide) groups is 1. The fraction of sp³-hybridized carbons (Fsp3) is 0.357. The van der Waals surface area contributed by atoms with Crippen LogP contribution >= 0.6 is 11.8 Å². The predicted octanol–water partition coefficient (Wildman–Crippen LogP) is 2.89. The number of benzene rings is 1. The summed E-state index contributed by atoms with van der Waals surface area (Å²) >= 11 is 1.68. The Morgan fingerprint density at radius 3 is 2.95 bits per heavy atom. The van der Waals surface area contributed by atoms with Crippen molar-refractivity contribution in [3.8, 4) is 6.07 Å². The van der Waals surface area contributed by atoms with Crippen LogP contribution in [-0.4, -0.2) is 20.5 Å². The summed E-state index contributed by atoms with van der Waals surface area (Å²) in [6.07, 6.45) is 1.71. The smallest absolute Gasteiger partial charge is 0.152 e. The minimum absolute atomic E-state index is 0.558. The maximum Gasteiger partial charge on any atom is 0.152 e. The Bertz CT molecular complexity index is 614. The van der Waals surface area contributed by atoms with Crippen LogP contribution in [0.15, 0.2) is 29.4 Å². The monoisotopic (exact) mass is 287 g/mol. The van der Waals surface area contributed by atoms with Crippen molar-refractivity contribution in [1.29, 1.82) is 5.26 Å². The van der Waals surface area contributed by atoms with E-state index in [1.165, 1.54) is 0 Å². The zero-order chi connectivity index (χ0) is 14.4. The number of hydrogen-bond donors (Lipinski definition) is 1. The van der Waals surface area contributed by atoms with Crippen LogP contribution in [0.1, 0.15) is 25.2 Å². The van der Waals surface area contributed by atoms with Crippen LogP contribution in [0.2, 0.25) is 0 Å². The Morgan fingerprint density at radius 2 is 2.25 bits per heavy atom. The van der Waals surface area contributed by atoms with Gasteiger partial charge in [-0.3, -0.25) is 0 Å². The maximum absolute atomic E-state index is 9.35. The second-order valence-electron chi connectivity index (χ2n) is 4.11. The highest BCUT2D eigenvalue weighted by atomic mass is 32.2. The Kier molecular flexibility index (Phi) is 5.02. The van der Waals surface area contributed by atoms with Gasteiger partial charge in [-0.2, -0.15) is 5.26 Å². The van der Waals surface area contributed by atoms with Crippen molar-refractivity contribution in [3.05, 3.63) is 35.9 Å². The second-order valence-corrected chi connectivity index (χ2v) is 5.42. The highest BCUT2D eigenvalue weighted by molar-refractivity contribution is 7.99. The molecule has 0 saturated carbocycles. The van der Waals surface area contributed by atoms with E-state index >= 15 is 0 Å². The van der Waals surface area contributed by atoms with Crippen molar-refractivity contribution in [2.24, 2.45) is 0 Å². The van der Waals surface area contributed by atoms with Gasteiger partial charge in [0.15, 0.2) is 5.82 Å². The zero-order valence-electron chi connectivity index (χ0n) is 11.6. The summed E-state index contributed by atoms with van der Waals surface area (Å²) in [7, 11) is 0. The first-order valence-corrected chi connectivity index (χ1v) is 7.55. The van der Waals surface area contributed by atoms with E-state index in [4.69, 9.17) is 0 Å². The molecule has 0 bridgehead atoms. The molecule has 0 aliphatic heterocycles. The van der Waals surface area contributed by atoms with Gasteiger partial charge in [-0.15, -0.1) is 22.0 Å². The molecule has 1 N–H and O–H groups in total. The number of anilines is 1. The van der Waals surface area contributed by atoms with E-state index < -0.39 is 0 Å². The lowest BCUT2D eigenvalue weighted by Crippen LogP contribution is -2.08. The molecular weight excluding hydrogens is 270 g/mol. The third-order valence-corrected chi connectivity index (χ3v) is 3.85. The highest BCUT2D eigenvalue weighted by Gasteiger charge is 2.09. The van der Waals surface area contributed by atoms with Crippen molar-refractivity contribution in [2.45, 2.75) is 31.8 Å². The molecule has 0 saturated heterocycles. The summed E-state index contributed by atoms with van der Waals surface area (Å²) in [4.78, 5) is 1.01. The lowest BCUT2D eigenvalue weighted by Gasteiger charge is -2.11. The number of rotatable bonds is 6. The fourth-order valence-electron chi connectivity index (χ4n) is 1.92. The molecule has 0 radical (unpaired) electrons. The van der Waals surface area contributed by atoms with Crippen molar-refractivity contribution in [2.75, 3.05) is 11.1 Å². The Labute approximate surface area is 123 Å². The third kappa shape index (κ3) is 3.11. The summed E-state index contributed by atoms with van der Waals surface area (Å²) in [5.74, 6) is 1.81. The van der Waals surface area contributed by atoms with Crippen LogP contribution in [0.5, 0.6) is 0 Å². The number of hydrogen-bond acceptors (Lipinski definition) is 5. The molecule has 20 heavy (non-hydrogen) atoms. The SMILES string of the molecule is CCSc1cccc(NCc2nncn2CC)c1C#N. The quantitative estimate of drug-likeness (QED) is 0.827. The first kappa shape index (κ1) is 14.4. The number of aryl methyl sites for hydroxylation is 1. The second kappa shape index (κ2) is 6.96. The standard InChI is InChI=1S/C14H17N5S/c1-3-19-10-17-18-14(19)9-16-12-6-5-7-13(20-4-2)11(12)8-15/h5-7,10,16H,3-4,9H2,1-2H3. The largest absolute Gasteiger partial charge is 0.377 e. The van der Waals surface area contributed by atoms with Gasteiger partial charge in [0.05, 0.1) is 17.8 Å². The highest BCUT2D eigenvalue weighted by Crippen LogP contribution is 2.27. The first-order chi connectivity index (χ1) is 9.80. The first-order valence-electron chi connectivity index (χ1n) is 6.56. The van der Waals surface area contributed by atoms with E-state index in [2.05, 4.69) is 28.5 Å². The normalized spacial score (nSPS) is 10.2. The van der Waals surface area contributed by atoms with Gasteiger partial charge in [0.1, 0.15) is 12.4 Å². The van der Waals surface area contributed by atoms with Crippen LogP contribution in [-0.2, 0) is 13.1 Å². The van der Waals surface area contributed by atoms with Crippen LogP contribution in [0.25, 0.3) is 0 Å². The van der Waals surface area contributed by atoms with Gasteiger partial charge in [-0.25, -0.2) is 0 Å². The van der Waals surface area contributed by atoms with E-state index in [-0.39, 0.29) is 0 Å². The molecule has 1 aromatic carbocycles. The molecule has 0 aliphatic rings. The maximum atomic E-state index is 9.35. The molecular formula is C14H17N5S. The van der Waals surface area contributed by atoms with Crippen molar-refractivity contribution in [1.82, 2.24) is 14.8 Å². The lowest BCUT2D eigenvalue weighted by atomic mass is 10.2. The molecule has 0 aliphatic carbocycles. The lowest BCUT2D eigenvalue weighted by molar-refractivity contribution is 0.708. The Hall–Kier alpha value is -2.00. The topological polar surface area (TPSA) is 66.5 Å². The van der Waals surface area contributed by atoms with E-state index in [9.17, 15) is 5.26 Å². The Morgan fingerprint density at radius 1 is 1.40 bits per heavy atom. The molecule has 2 rings (SSSR count). The van der Waals surface area contributed by atoms with Gasteiger partial charge < -0.3 is 9.88 Å². The zero-order valence-corrected chi connectivity index (χ0v) is 12.4. The van der Waals surface area contributed by atoms with Crippen LogP contribution in [0.4, 0.5) is 5.69 Å². The molecule has 5 nitrogen and oxygen atoms in total. The molecule has 0 atom stereocenters. The number of aromatic nitrogens is 3. The van der Waals surface area contributed by atoms with Crippen LogP contribution < -0.4 is 5.32 Å². The van der Waals surface area contributed by atoms with Gasteiger partial charge in [0.2, 0.25) is 0 Å². The fourth-order valence-corrected chi connectivity index (χ4v) is 2.71. The number of nitrogens with zero attached hydrogens (tertiary/aromatic N) is 4. The Balaban J connectivity index is 2.17. The molecule has 0 amide bonds. The summed E-state index contributed by atoms with van der Waals surface area (Å²) in [6, 6.07) is 8.15. The predicted molar refractivity (Wildman–Crippen MR) is 80.6 cm³/mol. The van der Waals surface area contributed by atoms with Gasteiger partial charge in [0, 0.05) is 11.4 Å². The van der Waals surface area contributed by atoms with Crippen molar-refractivity contribution >= 4 is 17.4 Å². The average molecular weight is 287 g/mol.